The fourth-order valence-electron chi connectivity index (χ4n) is 2.15. The third kappa shape index (κ3) is 5.02. The number of para-hydroxylation sites is 2. The fraction of sp³-hybridized carbons (Fsp3) is 0.111. The molecule has 0 spiro atoms. The summed E-state index contributed by atoms with van der Waals surface area (Å²) in [4.78, 5) is 24.3. The Hall–Kier alpha value is -3.04. The van der Waals surface area contributed by atoms with Crippen LogP contribution in [0.5, 0.6) is 5.75 Å². The topological polar surface area (TPSA) is 90.4 Å². The van der Waals surface area contributed by atoms with E-state index >= 15 is 0 Å². The van der Waals surface area contributed by atoms with Crippen LogP contribution in [0.3, 0.4) is 0 Å². The molecule has 1 aromatic heterocycles. The van der Waals surface area contributed by atoms with Gasteiger partial charge in [-0.2, -0.15) is 0 Å². The largest absolute Gasteiger partial charge is 0.483 e. The van der Waals surface area contributed by atoms with Gasteiger partial charge in [-0.05, 0) is 24.3 Å². The number of aromatic nitrogens is 2. The first-order valence-corrected chi connectivity index (χ1v) is 9.10. The predicted molar refractivity (Wildman–Crippen MR) is 101 cm³/mol. The summed E-state index contributed by atoms with van der Waals surface area (Å²) in [6, 6.07) is 12.0. The van der Waals surface area contributed by atoms with E-state index in [0.29, 0.717) is 10.0 Å². The number of hydrogen-bond acceptors (Lipinski definition) is 7. The Morgan fingerprint density at radius 2 is 1.89 bits per heavy atom. The number of nitrogens with one attached hydrogen (secondary N) is 1. The van der Waals surface area contributed by atoms with Crippen molar-refractivity contribution in [3.63, 3.8) is 0 Å². The third-order valence-electron chi connectivity index (χ3n) is 3.46. The number of rotatable bonds is 7. The van der Waals surface area contributed by atoms with Crippen molar-refractivity contribution in [2.24, 2.45) is 0 Å². The molecule has 1 N–H and O–H groups in total. The van der Waals surface area contributed by atoms with Crippen molar-refractivity contribution in [2.75, 3.05) is 11.9 Å². The van der Waals surface area contributed by atoms with Crippen LogP contribution in [0.2, 0.25) is 4.34 Å². The SMILES string of the molecule is O=C(COc1ccccc1C(=O)OCc1nnsc1Cl)Nc1ccccc1F. The number of halogens is 2. The molecule has 0 unspecified atom stereocenters. The van der Waals surface area contributed by atoms with E-state index in [0.717, 1.165) is 11.5 Å². The van der Waals surface area contributed by atoms with Crippen LogP contribution < -0.4 is 10.1 Å². The van der Waals surface area contributed by atoms with Crippen LogP contribution in [-0.4, -0.2) is 28.1 Å². The molecule has 0 fully saturated rings. The molecular weight excluding hydrogens is 409 g/mol. The van der Waals surface area contributed by atoms with Gasteiger partial charge in [0.05, 0.1) is 5.69 Å². The van der Waals surface area contributed by atoms with Gasteiger partial charge in [-0.3, -0.25) is 4.79 Å². The number of hydrogen-bond donors (Lipinski definition) is 1. The smallest absolute Gasteiger partial charge is 0.342 e. The van der Waals surface area contributed by atoms with Crippen molar-refractivity contribution in [3.8, 4) is 5.75 Å². The lowest BCUT2D eigenvalue weighted by Crippen LogP contribution is -2.21. The summed E-state index contributed by atoms with van der Waals surface area (Å²) < 4.78 is 28.1. The number of carbonyl (C=O) groups is 2. The van der Waals surface area contributed by atoms with Gasteiger partial charge in [0.1, 0.15) is 33.8 Å². The molecule has 0 aliphatic carbocycles. The van der Waals surface area contributed by atoms with Crippen molar-refractivity contribution in [1.82, 2.24) is 9.59 Å². The van der Waals surface area contributed by atoms with Crippen molar-refractivity contribution < 1.29 is 23.5 Å². The average molecular weight is 422 g/mol. The zero-order valence-corrected chi connectivity index (χ0v) is 15.8. The normalized spacial score (nSPS) is 10.4. The molecule has 0 aliphatic heterocycles. The van der Waals surface area contributed by atoms with E-state index in [1.807, 2.05) is 0 Å². The lowest BCUT2D eigenvalue weighted by atomic mass is 10.2. The van der Waals surface area contributed by atoms with Crippen LogP contribution in [0.1, 0.15) is 16.1 Å². The van der Waals surface area contributed by atoms with Crippen LogP contribution in [0.15, 0.2) is 48.5 Å². The fourth-order valence-corrected chi connectivity index (χ4v) is 2.75. The number of ether oxygens (including phenoxy) is 2. The highest BCUT2D eigenvalue weighted by atomic mass is 35.5. The highest BCUT2D eigenvalue weighted by Crippen LogP contribution is 2.22. The second kappa shape index (κ2) is 9.25. The van der Waals surface area contributed by atoms with Gasteiger partial charge in [0.15, 0.2) is 6.61 Å². The third-order valence-corrected chi connectivity index (χ3v) is 4.45. The maximum Gasteiger partial charge on any atom is 0.342 e. The van der Waals surface area contributed by atoms with E-state index in [2.05, 4.69) is 14.9 Å². The van der Waals surface area contributed by atoms with E-state index in [4.69, 9.17) is 21.1 Å². The van der Waals surface area contributed by atoms with Gasteiger partial charge in [0, 0.05) is 11.5 Å². The van der Waals surface area contributed by atoms with Crippen molar-refractivity contribution in [2.45, 2.75) is 6.61 Å². The van der Waals surface area contributed by atoms with Crippen LogP contribution in [0, 0.1) is 5.82 Å². The monoisotopic (exact) mass is 421 g/mol. The Labute approximate surface area is 168 Å². The average Bonchev–Trinajstić information content (AvgIpc) is 3.11. The molecule has 28 heavy (non-hydrogen) atoms. The standard InChI is InChI=1S/C18H13ClFN3O4S/c19-17-14(22-23-28-17)9-27-18(25)11-5-1-4-8-15(11)26-10-16(24)21-13-7-3-2-6-12(13)20/h1-8H,9-10H2,(H,21,24). The minimum absolute atomic E-state index is 0.0394. The molecule has 0 atom stereocenters. The highest BCUT2D eigenvalue weighted by Gasteiger charge is 2.17. The minimum atomic E-state index is -0.672. The van der Waals surface area contributed by atoms with Gasteiger partial charge in [-0.15, -0.1) is 5.10 Å². The predicted octanol–water partition coefficient (Wildman–Crippen LogP) is 3.71. The van der Waals surface area contributed by atoms with Gasteiger partial charge in [-0.25, -0.2) is 9.18 Å². The second-order valence-corrected chi connectivity index (χ2v) is 6.74. The van der Waals surface area contributed by atoms with Crippen molar-refractivity contribution >= 4 is 40.7 Å². The molecule has 2 aromatic carbocycles. The van der Waals surface area contributed by atoms with Crippen molar-refractivity contribution in [1.29, 1.82) is 0 Å². The maximum atomic E-state index is 13.6. The molecule has 3 aromatic rings. The van der Waals surface area contributed by atoms with Crippen LogP contribution in [-0.2, 0) is 16.1 Å². The maximum absolute atomic E-state index is 13.6. The van der Waals surface area contributed by atoms with Gasteiger partial charge in [0.25, 0.3) is 5.91 Å². The highest BCUT2D eigenvalue weighted by molar-refractivity contribution is 7.10. The van der Waals surface area contributed by atoms with Crippen LogP contribution in [0.25, 0.3) is 0 Å². The van der Waals surface area contributed by atoms with Crippen LogP contribution in [0.4, 0.5) is 10.1 Å². The van der Waals surface area contributed by atoms with E-state index < -0.39 is 24.3 Å². The van der Waals surface area contributed by atoms with E-state index in [9.17, 15) is 14.0 Å². The Kier molecular flexibility index (Phi) is 6.51. The summed E-state index contributed by atoms with van der Waals surface area (Å²) in [6.07, 6.45) is 0. The Morgan fingerprint density at radius 3 is 2.64 bits per heavy atom. The number of amides is 1. The first-order chi connectivity index (χ1) is 13.5. The van der Waals surface area contributed by atoms with Crippen molar-refractivity contribution in [3.05, 3.63) is 69.9 Å². The first kappa shape index (κ1) is 19.7. The molecule has 1 heterocycles. The Bertz CT molecular complexity index is 998. The Morgan fingerprint density at radius 1 is 1.14 bits per heavy atom. The van der Waals surface area contributed by atoms with Gasteiger partial charge in [-0.1, -0.05) is 40.4 Å². The molecule has 144 valence electrons. The molecule has 3 rings (SSSR count). The molecule has 0 aliphatic rings. The van der Waals surface area contributed by atoms with Gasteiger partial charge >= 0.3 is 5.97 Å². The minimum Gasteiger partial charge on any atom is -0.483 e. The number of anilines is 1. The molecule has 0 radical (unpaired) electrons. The number of carbonyl (C=O) groups excluding carboxylic acids is 2. The summed E-state index contributed by atoms with van der Waals surface area (Å²) in [5.74, 6) is -1.66. The second-order valence-electron chi connectivity index (χ2n) is 5.38. The van der Waals surface area contributed by atoms with Crippen LogP contribution >= 0.6 is 23.1 Å². The van der Waals surface area contributed by atoms with E-state index in [-0.39, 0.29) is 23.6 Å². The first-order valence-electron chi connectivity index (χ1n) is 7.94. The van der Waals surface area contributed by atoms with Gasteiger partial charge < -0.3 is 14.8 Å². The molecular formula is C18H13ClFN3O4S. The zero-order chi connectivity index (χ0) is 19.9. The quantitative estimate of drug-likeness (QED) is 0.585. The molecule has 7 nitrogen and oxygen atoms in total. The molecule has 10 heteroatoms. The summed E-state index contributed by atoms with van der Waals surface area (Å²) >= 11 is 6.85. The summed E-state index contributed by atoms with van der Waals surface area (Å²) in [7, 11) is 0. The van der Waals surface area contributed by atoms with E-state index in [1.54, 1.807) is 18.2 Å². The lowest BCUT2D eigenvalue weighted by molar-refractivity contribution is -0.118. The number of esters is 1. The van der Waals surface area contributed by atoms with Gasteiger partial charge in [0.2, 0.25) is 0 Å². The number of benzene rings is 2. The molecule has 0 bridgehead atoms. The lowest BCUT2D eigenvalue weighted by Gasteiger charge is -2.11. The summed E-state index contributed by atoms with van der Waals surface area (Å²) in [5, 5.41) is 6.15. The van der Waals surface area contributed by atoms with E-state index in [1.165, 1.54) is 30.3 Å². The summed E-state index contributed by atoms with van der Waals surface area (Å²) in [6.45, 7) is -0.559. The molecule has 0 saturated carbocycles. The number of nitrogens with zero attached hydrogens (tertiary/aromatic N) is 2. The molecule has 0 saturated heterocycles. The Balaban J connectivity index is 1.60. The molecule has 1 amide bonds. The zero-order valence-electron chi connectivity index (χ0n) is 14.2. The summed E-state index contributed by atoms with van der Waals surface area (Å²) in [5.41, 5.74) is 0.515.